The minimum atomic E-state index is -0.404. The van der Waals surface area contributed by atoms with Crippen molar-refractivity contribution in [2.24, 2.45) is 7.05 Å². The summed E-state index contributed by atoms with van der Waals surface area (Å²) in [6.07, 6.45) is 1.48. The molecule has 0 spiro atoms. The molecule has 5 nitrogen and oxygen atoms in total. The number of aromatic nitrogens is 2. The Bertz CT molecular complexity index is 652. The van der Waals surface area contributed by atoms with Gasteiger partial charge in [-0.25, -0.2) is 4.79 Å². The van der Waals surface area contributed by atoms with Crippen LogP contribution in [-0.4, -0.2) is 22.4 Å². The van der Waals surface area contributed by atoms with Gasteiger partial charge in [0.1, 0.15) is 17.9 Å². The third kappa shape index (κ3) is 3.55. The summed E-state index contributed by atoms with van der Waals surface area (Å²) in [5, 5.41) is 4.61. The highest BCUT2D eigenvalue weighted by molar-refractivity contribution is 6.32. The summed E-state index contributed by atoms with van der Waals surface area (Å²) in [4.78, 5) is 11.8. The summed E-state index contributed by atoms with van der Waals surface area (Å²) in [5.41, 5.74) is 2.10. The zero-order valence-corrected chi connectivity index (χ0v) is 13.0. The van der Waals surface area contributed by atoms with Crippen LogP contribution in [0.3, 0.4) is 0 Å². The second-order valence-electron chi connectivity index (χ2n) is 4.57. The highest BCUT2D eigenvalue weighted by Gasteiger charge is 2.18. The molecular weight excluding hydrogens is 292 g/mol. The number of benzene rings is 1. The van der Waals surface area contributed by atoms with Gasteiger partial charge in [0, 0.05) is 7.05 Å². The fourth-order valence-electron chi connectivity index (χ4n) is 1.88. The zero-order chi connectivity index (χ0) is 15.4. The van der Waals surface area contributed by atoms with Crippen LogP contribution in [0, 0.1) is 6.92 Å². The Kier molecular flexibility index (Phi) is 4.85. The molecule has 0 saturated heterocycles. The maximum atomic E-state index is 11.8. The summed E-state index contributed by atoms with van der Waals surface area (Å²) >= 11 is 6.12. The lowest BCUT2D eigenvalue weighted by molar-refractivity contribution is 0.0523. The van der Waals surface area contributed by atoms with Crippen LogP contribution < -0.4 is 4.74 Å². The molecule has 1 aromatic carbocycles. The van der Waals surface area contributed by atoms with Crippen LogP contribution in [0.1, 0.15) is 28.5 Å². The first kappa shape index (κ1) is 15.4. The number of rotatable bonds is 5. The van der Waals surface area contributed by atoms with Crippen molar-refractivity contribution in [1.82, 2.24) is 9.78 Å². The van der Waals surface area contributed by atoms with E-state index >= 15 is 0 Å². The monoisotopic (exact) mass is 308 g/mol. The number of halogens is 1. The Labute approximate surface area is 128 Å². The lowest BCUT2D eigenvalue weighted by Crippen LogP contribution is -2.11. The van der Waals surface area contributed by atoms with E-state index < -0.39 is 5.97 Å². The first-order chi connectivity index (χ1) is 10.0. The minimum Gasteiger partial charge on any atom is -0.486 e. The standard InChI is InChI=1S/C15H17ClN2O3/c1-4-20-15(19)11-8-17-18(3)13(11)9-21-14-6-5-10(2)7-12(14)16/h5-8H,4,9H2,1-3H3. The number of ether oxygens (including phenoxy) is 2. The van der Waals surface area contributed by atoms with Crippen LogP contribution in [0.4, 0.5) is 0 Å². The van der Waals surface area contributed by atoms with E-state index in [0.29, 0.717) is 28.6 Å². The van der Waals surface area contributed by atoms with Crippen molar-refractivity contribution in [3.63, 3.8) is 0 Å². The predicted molar refractivity (Wildman–Crippen MR) is 79.7 cm³/mol. The van der Waals surface area contributed by atoms with E-state index in [1.54, 1.807) is 24.7 Å². The molecule has 21 heavy (non-hydrogen) atoms. The van der Waals surface area contributed by atoms with E-state index in [4.69, 9.17) is 21.1 Å². The molecule has 2 aromatic rings. The van der Waals surface area contributed by atoms with Gasteiger partial charge in [-0.05, 0) is 31.5 Å². The first-order valence-corrected chi connectivity index (χ1v) is 6.97. The average molecular weight is 309 g/mol. The molecule has 0 radical (unpaired) electrons. The van der Waals surface area contributed by atoms with E-state index in [1.165, 1.54) is 6.20 Å². The fraction of sp³-hybridized carbons (Fsp3) is 0.333. The smallest absolute Gasteiger partial charge is 0.341 e. The van der Waals surface area contributed by atoms with Crippen molar-refractivity contribution in [3.05, 3.63) is 46.2 Å². The Morgan fingerprint density at radius 2 is 2.19 bits per heavy atom. The van der Waals surface area contributed by atoms with E-state index in [-0.39, 0.29) is 6.61 Å². The van der Waals surface area contributed by atoms with Crippen LogP contribution in [0.5, 0.6) is 5.75 Å². The molecule has 112 valence electrons. The molecule has 0 aliphatic carbocycles. The quantitative estimate of drug-likeness (QED) is 0.796. The van der Waals surface area contributed by atoms with E-state index in [2.05, 4.69) is 5.10 Å². The average Bonchev–Trinajstić information content (AvgIpc) is 2.79. The van der Waals surface area contributed by atoms with Gasteiger partial charge in [0.25, 0.3) is 0 Å². The zero-order valence-electron chi connectivity index (χ0n) is 12.2. The van der Waals surface area contributed by atoms with Gasteiger partial charge in [-0.15, -0.1) is 0 Å². The third-order valence-electron chi connectivity index (χ3n) is 3.01. The molecule has 0 aliphatic heterocycles. The highest BCUT2D eigenvalue weighted by Crippen LogP contribution is 2.26. The van der Waals surface area contributed by atoms with Crippen molar-refractivity contribution >= 4 is 17.6 Å². The van der Waals surface area contributed by atoms with Gasteiger partial charge >= 0.3 is 5.97 Å². The molecule has 0 bridgehead atoms. The summed E-state index contributed by atoms with van der Waals surface area (Å²) < 4.78 is 12.3. The summed E-state index contributed by atoms with van der Waals surface area (Å²) in [7, 11) is 1.75. The van der Waals surface area contributed by atoms with E-state index in [9.17, 15) is 4.79 Å². The summed E-state index contributed by atoms with van der Waals surface area (Å²) in [6, 6.07) is 5.54. The Morgan fingerprint density at radius 3 is 2.86 bits per heavy atom. The van der Waals surface area contributed by atoms with Crippen LogP contribution >= 0.6 is 11.6 Å². The third-order valence-corrected chi connectivity index (χ3v) is 3.30. The second-order valence-corrected chi connectivity index (χ2v) is 4.98. The van der Waals surface area contributed by atoms with Gasteiger partial charge in [0.05, 0.1) is 23.5 Å². The highest BCUT2D eigenvalue weighted by atomic mass is 35.5. The second kappa shape index (κ2) is 6.63. The Morgan fingerprint density at radius 1 is 1.43 bits per heavy atom. The van der Waals surface area contributed by atoms with Crippen LogP contribution in [0.25, 0.3) is 0 Å². The Hall–Kier alpha value is -2.01. The van der Waals surface area contributed by atoms with Crippen molar-refractivity contribution in [3.8, 4) is 5.75 Å². The van der Waals surface area contributed by atoms with Gasteiger partial charge in [-0.1, -0.05) is 17.7 Å². The summed E-state index contributed by atoms with van der Waals surface area (Å²) in [5.74, 6) is 0.164. The number of aryl methyl sites for hydroxylation is 2. The predicted octanol–water partition coefficient (Wildman–Crippen LogP) is 3.14. The lowest BCUT2D eigenvalue weighted by Gasteiger charge is -2.10. The molecule has 0 amide bonds. The van der Waals surface area contributed by atoms with Gasteiger partial charge in [0.2, 0.25) is 0 Å². The largest absolute Gasteiger partial charge is 0.486 e. The minimum absolute atomic E-state index is 0.188. The van der Waals surface area contributed by atoms with Crippen LogP contribution in [-0.2, 0) is 18.4 Å². The molecule has 6 heteroatoms. The molecule has 0 saturated carbocycles. The van der Waals surface area contributed by atoms with Crippen molar-refractivity contribution in [2.45, 2.75) is 20.5 Å². The van der Waals surface area contributed by atoms with Crippen LogP contribution in [0.2, 0.25) is 5.02 Å². The van der Waals surface area contributed by atoms with Crippen LogP contribution in [0.15, 0.2) is 24.4 Å². The molecule has 1 aromatic heterocycles. The van der Waals surface area contributed by atoms with E-state index in [0.717, 1.165) is 5.56 Å². The molecular formula is C15H17ClN2O3. The van der Waals surface area contributed by atoms with Crippen molar-refractivity contribution in [2.75, 3.05) is 6.61 Å². The van der Waals surface area contributed by atoms with Gasteiger partial charge < -0.3 is 9.47 Å². The maximum absolute atomic E-state index is 11.8. The maximum Gasteiger partial charge on any atom is 0.341 e. The molecule has 0 fully saturated rings. The summed E-state index contributed by atoms with van der Waals surface area (Å²) in [6.45, 7) is 4.22. The normalized spacial score (nSPS) is 10.5. The molecule has 2 rings (SSSR count). The molecule has 0 atom stereocenters. The number of hydrogen-bond donors (Lipinski definition) is 0. The van der Waals surface area contributed by atoms with E-state index in [1.807, 2.05) is 19.1 Å². The van der Waals surface area contributed by atoms with Crippen molar-refractivity contribution < 1.29 is 14.3 Å². The number of esters is 1. The molecule has 0 N–H and O–H groups in total. The topological polar surface area (TPSA) is 53.3 Å². The molecule has 1 heterocycles. The Balaban J connectivity index is 2.16. The lowest BCUT2D eigenvalue weighted by atomic mass is 10.2. The van der Waals surface area contributed by atoms with Gasteiger partial charge in [-0.2, -0.15) is 5.10 Å². The van der Waals surface area contributed by atoms with Crippen molar-refractivity contribution in [1.29, 1.82) is 0 Å². The first-order valence-electron chi connectivity index (χ1n) is 6.60. The fourth-order valence-corrected chi connectivity index (χ4v) is 2.17. The molecule has 0 aliphatic rings. The number of carbonyl (C=O) groups excluding carboxylic acids is 1. The molecule has 0 unspecified atom stereocenters. The number of carbonyl (C=O) groups is 1. The number of nitrogens with zero attached hydrogens (tertiary/aromatic N) is 2. The van der Waals surface area contributed by atoms with Gasteiger partial charge in [0.15, 0.2) is 0 Å². The number of hydrogen-bond acceptors (Lipinski definition) is 4. The van der Waals surface area contributed by atoms with Gasteiger partial charge in [-0.3, -0.25) is 4.68 Å². The SMILES string of the molecule is CCOC(=O)c1cnn(C)c1COc1ccc(C)cc1Cl.